The lowest BCUT2D eigenvalue weighted by atomic mass is 10.2. The van der Waals surface area contributed by atoms with Crippen molar-refractivity contribution in [2.45, 2.75) is 25.5 Å². The van der Waals surface area contributed by atoms with Crippen molar-refractivity contribution in [1.82, 2.24) is 24.8 Å². The van der Waals surface area contributed by atoms with E-state index >= 15 is 0 Å². The summed E-state index contributed by atoms with van der Waals surface area (Å²) >= 11 is 1.32. The zero-order chi connectivity index (χ0) is 20.1. The van der Waals surface area contributed by atoms with Crippen LogP contribution < -0.4 is 4.74 Å². The summed E-state index contributed by atoms with van der Waals surface area (Å²) in [4.78, 5) is 12.8. The van der Waals surface area contributed by atoms with E-state index in [-0.39, 0.29) is 11.5 Å². The molecule has 0 saturated heterocycles. The Balaban J connectivity index is 1.71. The number of tetrazole rings is 1. The van der Waals surface area contributed by atoms with Crippen molar-refractivity contribution in [3.63, 3.8) is 0 Å². The Morgan fingerprint density at radius 3 is 2.61 bits per heavy atom. The molecule has 0 atom stereocenters. The number of hydrogen-bond acceptors (Lipinski definition) is 7. The third-order valence-corrected chi connectivity index (χ3v) is 5.40. The average Bonchev–Trinajstić information content (AvgIpc) is 3.29. The number of nitrogens with zero attached hydrogens (tertiary/aromatic N) is 5. The van der Waals surface area contributed by atoms with Crippen LogP contribution in [-0.4, -0.2) is 57.1 Å². The second kappa shape index (κ2) is 9.03. The molecule has 3 rings (SSSR count). The molecule has 0 aliphatic rings. The van der Waals surface area contributed by atoms with Gasteiger partial charge in [0.05, 0.1) is 25.2 Å². The molecule has 0 radical (unpaired) electrons. The molecule has 0 amide bonds. The van der Waals surface area contributed by atoms with Gasteiger partial charge >= 0.3 is 0 Å². The SMILES string of the molecule is COCCn1c(C)cc(C(=O)CSc2nnnn2-c2ccc(OC)cc2)c1C. The Kier molecular flexibility index (Phi) is 6.48. The molecule has 2 heterocycles. The first kappa shape index (κ1) is 20.1. The molecular weight excluding hydrogens is 378 g/mol. The molecule has 0 aliphatic carbocycles. The number of ketones is 1. The minimum absolute atomic E-state index is 0.0473. The molecule has 0 spiro atoms. The third-order valence-electron chi connectivity index (χ3n) is 4.48. The highest BCUT2D eigenvalue weighted by Crippen LogP contribution is 2.23. The van der Waals surface area contributed by atoms with Gasteiger partial charge in [0, 0.05) is 30.6 Å². The maximum atomic E-state index is 12.8. The Morgan fingerprint density at radius 2 is 1.93 bits per heavy atom. The highest BCUT2D eigenvalue weighted by molar-refractivity contribution is 7.99. The van der Waals surface area contributed by atoms with E-state index in [1.807, 2.05) is 44.2 Å². The fourth-order valence-corrected chi connectivity index (χ4v) is 3.75. The monoisotopic (exact) mass is 401 g/mol. The molecule has 2 aromatic heterocycles. The van der Waals surface area contributed by atoms with Gasteiger partial charge in [-0.25, -0.2) is 0 Å². The average molecular weight is 401 g/mol. The number of aryl methyl sites for hydroxylation is 1. The van der Waals surface area contributed by atoms with Gasteiger partial charge in [0.1, 0.15) is 5.75 Å². The van der Waals surface area contributed by atoms with Crippen LogP contribution in [-0.2, 0) is 11.3 Å². The number of Topliss-reactive ketones (excluding diaryl/α,β-unsaturated/α-hetero) is 1. The highest BCUT2D eigenvalue weighted by atomic mass is 32.2. The number of carbonyl (C=O) groups is 1. The molecule has 9 heteroatoms. The fourth-order valence-electron chi connectivity index (χ4n) is 2.97. The van der Waals surface area contributed by atoms with E-state index in [1.54, 1.807) is 18.9 Å². The number of rotatable bonds is 9. The van der Waals surface area contributed by atoms with Crippen molar-refractivity contribution < 1.29 is 14.3 Å². The smallest absolute Gasteiger partial charge is 0.214 e. The molecule has 0 N–H and O–H groups in total. The minimum Gasteiger partial charge on any atom is -0.497 e. The first-order valence-corrected chi connectivity index (χ1v) is 9.78. The van der Waals surface area contributed by atoms with Crippen molar-refractivity contribution >= 4 is 17.5 Å². The Bertz CT molecular complexity index is 949. The molecule has 28 heavy (non-hydrogen) atoms. The van der Waals surface area contributed by atoms with Gasteiger partial charge in [-0.05, 0) is 54.6 Å². The van der Waals surface area contributed by atoms with Crippen molar-refractivity contribution in [3.05, 3.63) is 47.3 Å². The molecular formula is C19H23N5O3S. The molecule has 8 nitrogen and oxygen atoms in total. The van der Waals surface area contributed by atoms with Crippen molar-refractivity contribution in [1.29, 1.82) is 0 Å². The predicted molar refractivity (Wildman–Crippen MR) is 107 cm³/mol. The van der Waals surface area contributed by atoms with Crippen LogP contribution in [0, 0.1) is 13.8 Å². The summed E-state index contributed by atoms with van der Waals surface area (Å²) in [7, 11) is 3.29. The third kappa shape index (κ3) is 4.26. The lowest BCUT2D eigenvalue weighted by Crippen LogP contribution is -2.10. The second-order valence-corrected chi connectivity index (χ2v) is 7.15. The van der Waals surface area contributed by atoms with Gasteiger partial charge in [0.15, 0.2) is 5.78 Å². The van der Waals surface area contributed by atoms with Gasteiger partial charge < -0.3 is 14.0 Å². The van der Waals surface area contributed by atoms with Gasteiger partial charge in [-0.15, -0.1) is 5.10 Å². The van der Waals surface area contributed by atoms with E-state index in [1.165, 1.54) is 11.8 Å². The van der Waals surface area contributed by atoms with Crippen LogP contribution in [0.25, 0.3) is 5.69 Å². The Labute approximate surface area is 167 Å². The largest absolute Gasteiger partial charge is 0.497 e. The quantitative estimate of drug-likeness (QED) is 0.403. The topological polar surface area (TPSA) is 84.1 Å². The standard InChI is InChI=1S/C19H23N5O3S/c1-13-11-17(14(2)23(13)9-10-26-3)18(25)12-28-19-20-21-22-24(19)15-5-7-16(27-4)8-6-15/h5-8,11H,9-10,12H2,1-4H3. The van der Waals surface area contributed by atoms with E-state index in [2.05, 4.69) is 20.1 Å². The van der Waals surface area contributed by atoms with Crippen LogP contribution in [0.15, 0.2) is 35.5 Å². The molecule has 0 unspecified atom stereocenters. The summed E-state index contributed by atoms with van der Waals surface area (Å²) < 4.78 is 14.0. The summed E-state index contributed by atoms with van der Waals surface area (Å²) in [6.07, 6.45) is 0. The van der Waals surface area contributed by atoms with E-state index in [0.717, 1.165) is 34.9 Å². The van der Waals surface area contributed by atoms with Gasteiger partial charge in [0.25, 0.3) is 0 Å². The lowest BCUT2D eigenvalue weighted by Gasteiger charge is -2.09. The molecule has 0 bridgehead atoms. The fraction of sp³-hybridized carbons (Fsp3) is 0.368. The molecule has 0 fully saturated rings. The predicted octanol–water partition coefficient (Wildman–Crippen LogP) is 2.71. The van der Waals surface area contributed by atoms with Crippen LogP contribution in [0.2, 0.25) is 0 Å². The van der Waals surface area contributed by atoms with E-state index < -0.39 is 0 Å². The van der Waals surface area contributed by atoms with Crippen LogP contribution in [0.1, 0.15) is 21.7 Å². The molecule has 3 aromatic rings. The van der Waals surface area contributed by atoms with Crippen molar-refractivity contribution in [3.8, 4) is 11.4 Å². The summed E-state index contributed by atoms with van der Waals surface area (Å²) in [6, 6.07) is 9.34. The number of hydrogen-bond donors (Lipinski definition) is 0. The summed E-state index contributed by atoms with van der Waals surface area (Å²) in [6.45, 7) is 5.29. The number of carbonyl (C=O) groups excluding carboxylic acids is 1. The summed E-state index contributed by atoms with van der Waals surface area (Å²) in [5.41, 5.74) is 3.53. The van der Waals surface area contributed by atoms with E-state index in [4.69, 9.17) is 9.47 Å². The molecule has 0 saturated carbocycles. The van der Waals surface area contributed by atoms with Crippen LogP contribution >= 0.6 is 11.8 Å². The normalized spacial score (nSPS) is 11.0. The lowest BCUT2D eigenvalue weighted by molar-refractivity contribution is 0.102. The van der Waals surface area contributed by atoms with Gasteiger partial charge in [0.2, 0.25) is 5.16 Å². The first-order chi connectivity index (χ1) is 13.5. The summed E-state index contributed by atoms with van der Waals surface area (Å²) in [5.74, 6) is 1.06. The first-order valence-electron chi connectivity index (χ1n) is 8.79. The molecule has 148 valence electrons. The number of ether oxygens (including phenoxy) is 2. The second-order valence-electron chi connectivity index (χ2n) is 6.21. The van der Waals surface area contributed by atoms with Crippen LogP contribution in [0.4, 0.5) is 0 Å². The van der Waals surface area contributed by atoms with E-state index in [9.17, 15) is 4.79 Å². The Hall–Kier alpha value is -2.65. The van der Waals surface area contributed by atoms with Crippen molar-refractivity contribution in [2.75, 3.05) is 26.6 Å². The van der Waals surface area contributed by atoms with Crippen LogP contribution in [0.5, 0.6) is 5.75 Å². The van der Waals surface area contributed by atoms with Gasteiger partial charge in [-0.3, -0.25) is 4.79 Å². The van der Waals surface area contributed by atoms with Crippen LogP contribution in [0.3, 0.4) is 0 Å². The maximum Gasteiger partial charge on any atom is 0.214 e. The number of benzene rings is 1. The zero-order valence-corrected chi connectivity index (χ0v) is 17.2. The minimum atomic E-state index is 0.0473. The maximum absolute atomic E-state index is 12.8. The number of methoxy groups -OCH3 is 2. The molecule has 1 aromatic carbocycles. The van der Waals surface area contributed by atoms with E-state index in [0.29, 0.717) is 11.8 Å². The highest BCUT2D eigenvalue weighted by Gasteiger charge is 2.18. The molecule has 0 aliphatic heterocycles. The van der Waals surface area contributed by atoms with Gasteiger partial charge in [-0.2, -0.15) is 4.68 Å². The Morgan fingerprint density at radius 1 is 1.18 bits per heavy atom. The summed E-state index contributed by atoms with van der Waals surface area (Å²) in [5, 5.41) is 12.4. The van der Waals surface area contributed by atoms with Gasteiger partial charge in [-0.1, -0.05) is 11.8 Å². The zero-order valence-electron chi connectivity index (χ0n) is 16.4. The number of aromatic nitrogens is 5. The van der Waals surface area contributed by atoms with Crippen molar-refractivity contribution in [2.24, 2.45) is 0 Å². The number of thioether (sulfide) groups is 1.